The quantitative estimate of drug-likeness (QED) is 0.824. The molecule has 0 aliphatic heterocycles. The molecule has 1 aromatic rings. The second kappa shape index (κ2) is 6.09. The van der Waals surface area contributed by atoms with Crippen LogP contribution < -0.4 is 5.32 Å². The van der Waals surface area contributed by atoms with Crippen LogP contribution in [0.5, 0.6) is 0 Å². The largest absolute Gasteiger partial charge is 0.467 e. The topological polar surface area (TPSA) is 55.4 Å². The van der Waals surface area contributed by atoms with Crippen LogP contribution in [0, 0.1) is 11.6 Å². The minimum absolute atomic E-state index is 0.0611. The third kappa shape index (κ3) is 3.80. The molecule has 0 fully saturated rings. The number of halogens is 2. The van der Waals surface area contributed by atoms with Gasteiger partial charge in [-0.05, 0) is 18.6 Å². The average molecular weight is 257 g/mol. The summed E-state index contributed by atoms with van der Waals surface area (Å²) in [4.78, 5) is 22.6. The highest BCUT2D eigenvalue weighted by Crippen LogP contribution is 2.10. The molecule has 0 heterocycles. The lowest BCUT2D eigenvalue weighted by molar-refractivity contribution is -0.144. The van der Waals surface area contributed by atoms with Gasteiger partial charge in [-0.1, -0.05) is 6.07 Å². The van der Waals surface area contributed by atoms with Gasteiger partial charge in [0.25, 0.3) is 0 Å². The molecule has 6 heteroatoms. The number of nitrogens with one attached hydrogen (secondary N) is 1. The molecule has 1 unspecified atom stereocenters. The van der Waals surface area contributed by atoms with E-state index in [2.05, 4.69) is 10.1 Å². The van der Waals surface area contributed by atoms with Gasteiger partial charge < -0.3 is 10.1 Å². The molecule has 1 N–H and O–H groups in total. The Labute approximate surface area is 103 Å². The molecule has 18 heavy (non-hydrogen) atoms. The first-order valence-corrected chi connectivity index (χ1v) is 5.25. The molecule has 4 nitrogen and oxygen atoms in total. The van der Waals surface area contributed by atoms with E-state index in [9.17, 15) is 18.4 Å². The predicted molar refractivity (Wildman–Crippen MR) is 59.7 cm³/mol. The highest BCUT2D eigenvalue weighted by Gasteiger charge is 2.17. The second-order valence-electron chi connectivity index (χ2n) is 3.72. The van der Waals surface area contributed by atoms with Gasteiger partial charge in [0.1, 0.15) is 17.7 Å². The first-order chi connectivity index (χ1) is 8.43. The van der Waals surface area contributed by atoms with Crippen LogP contribution in [-0.2, 0) is 20.7 Å². The Bertz CT molecular complexity index is 463. The van der Waals surface area contributed by atoms with E-state index < -0.39 is 29.6 Å². The van der Waals surface area contributed by atoms with Gasteiger partial charge in [0.15, 0.2) is 0 Å². The van der Waals surface area contributed by atoms with Crippen molar-refractivity contribution in [2.24, 2.45) is 0 Å². The zero-order chi connectivity index (χ0) is 13.7. The Morgan fingerprint density at radius 2 is 2.06 bits per heavy atom. The molecule has 98 valence electrons. The van der Waals surface area contributed by atoms with Crippen LogP contribution in [0.15, 0.2) is 18.2 Å². The maximum Gasteiger partial charge on any atom is 0.328 e. The fourth-order valence-corrected chi connectivity index (χ4v) is 1.37. The molecule has 0 aromatic heterocycles. The van der Waals surface area contributed by atoms with Crippen molar-refractivity contribution in [3.8, 4) is 0 Å². The van der Waals surface area contributed by atoms with Crippen molar-refractivity contribution in [3.05, 3.63) is 35.4 Å². The van der Waals surface area contributed by atoms with Gasteiger partial charge in [-0.2, -0.15) is 0 Å². The summed E-state index contributed by atoms with van der Waals surface area (Å²) in [6.07, 6.45) is -0.270. The number of rotatable bonds is 4. The van der Waals surface area contributed by atoms with E-state index in [4.69, 9.17) is 0 Å². The maximum atomic E-state index is 13.3. The van der Waals surface area contributed by atoms with Crippen molar-refractivity contribution in [1.82, 2.24) is 5.32 Å². The molecule has 1 rings (SSSR count). The minimum atomic E-state index is -0.814. The molecule has 1 atom stereocenters. The molecule has 0 spiro atoms. The first kappa shape index (κ1) is 14.1. The lowest BCUT2D eigenvalue weighted by Gasteiger charge is -2.11. The van der Waals surface area contributed by atoms with Crippen LogP contribution in [0.25, 0.3) is 0 Å². The first-order valence-electron chi connectivity index (χ1n) is 5.25. The van der Waals surface area contributed by atoms with Gasteiger partial charge in [-0.25, -0.2) is 13.6 Å². The zero-order valence-electron chi connectivity index (χ0n) is 10.00. The third-order valence-electron chi connectivity index (χ3n) is 2.30. The number of esters is 1. The summed E-state index contributed by atoms with van der Waals surface area (Å²) in [6, 6.07) is 2.14. The normalized spacial score (nSPS) is 11.8. The van der Waals surface area contributed by atoms with Crippen LogP contribution in [-0.4, -0.2) is 25.0 Å². The highest BCUT2D eigenvalue weighted by atomic mass is 19.1. The van der Waals surface area contributed by atoms with Crippen LogP contribution in [0.2, 0.25) is 0 Å². The van der Waals surface area contributed by atoms with Gasteiger partial charge in [0.05, 0.1) is 13.5 Å². The fraction of sp³-hybridized carbons (Fsp3) is 0.333. The van der Waals surface area contributed by atoms with Crippen LogP contribution >= 0.6 is 0 Å². The van der Waals surface area contributed by atoms with Gasteiger partial charge in [0, 0.05) is 6.07 Å². The van der Waals surface area contributed by atoms with Crippen molar-refractivity contribution in [2.45, 2.75) is 19.4 Å². The van der Waals surface area contributed by atoms with Crippen LogP contribution in [0.4, 0.5) is 8.78 Å². The van der Waals surface area contributed by atoms with E-state index in [1.54, 1.807) is 0 Å². The molecule has 0 bridgehead atoms. The molecule has 1 aromatic carbocycles. The van der Waals surface area contributed by atoms with Crippen molar-refractivity contribution in [2.75, 3.05) is 7.11 Å². The van der Waals surface area contributed by atoms with Gasteiger partial charge >= 0.3 is 5.97 Å². The summed E-state index contributed by atoms with van der Waals surface area (Å²) >= 11 is 0. The summed E-state index contributed by atoms with van der Waals surface area (Å²) in [5.74, 6) is -2.64. The standard InChI is InChI=1S/C12H13F2NO3/c1-7(12(17)18-2)15-11(16)5-8-3-4-9(13)6-10(8)14/h3-4,6-7H,5H2,1-2H3,(H,15,16). The van der Waals surface area contributed by atoms with Crippen molar-refractivity contribution < 1.29 is 23.1 Å². The summed E-state index contributed by atoms with van der Waals surface area (Å²) in [5, 5.41) is 2.35. The Morgan fingerprint density at radius 3 is 2.61 bits per heavy atom. The number of carbonyl (C=O) groups is 2. The van der Waals surface area contributed by atoms with Crippen molar-refractivity contribution in [3.63, 3.8) is 0 Å². The molecule has 0 aliphatic carbocycles. The molecule has 1 amide bonds. The Kier molecular flexibility index (Phi) is 4.76. The van der Waals surface area contributed by atoms with Crippen molar-refractivity contribution >= 4 is 11.9 Å². The maximum absolute atomic E-state index is 13.3. The third-order valence-corrected chi connectivity index (χ3v) is 2.30. The summed E-state index contributed by atoms with van der Waals surface area (Å²) in [7, 11) is 1.20. The van der Waals surface area contributed by atoms with Crippen molar-refractivity contribution in [1.29, 1.82) is 0 Å². The SMILES string of the molecule is COC(=O)C(C)NC(=O)Cc1ccc(F)cc1F. The van der Waals surface area contributed by atoms with Gasteiger partial charge in [0.2, 0.25) is 5.91 Å². The lowest BCUT2D eigenvalue weighted by Crippen LogP contribution is -2.40. The average Bonchev–Trinajstić information content (AvgIpc) is 2.31. The Morgan fingerprint density at radius 1 is 1.39 bits per heavy atom. The summed E-state index contributed by atoms with van der Waals surface area (Å²) in [5.41, 5.74) is 0.0611. The number of hydrogen-bond acceptors (Lipinski definition) is 3. The smallest absolute Gasteiger partial charge is 0.328 e. The van der Waals surface area contributed by atoms with E-state index in [0.29, 0.717) is 6.07 Å². The minimum Gasteiger partial charge on any atom is -0.467 e. The van der Waals surface area contributed by atoms with Gasteiger partial charge in [-0.3, -0.25) is 4.79 Å². The molecular weight excluding hydrogens is 244 g/mol. The molecule has 0 saturated heterocycles. The Hall–Kier alpha value is -1.98. The number of methoxy groups -OCH3 is 1. The van der Waals surface area contributed by atoms with Crippen LogP contribution in [0.3, 0.4) is 0 Å². The number of carbonyl (C=O) groups excluding carboxylic acids is 2. The Balaban J connectivity index is 2.62. The predicted octanol–water partition coefficient (Wildman–Crippen LogP) is 1.18. The molecular formula is C12H13F2NO3. The highest BCUT2D eigenvalue weighted by molar-refractivity contribution is 5.85. The van der Waals surface area contributed by atoms with Gasteiger partial charge in [-0.15, -0.1) is 0 Å². The van der Waals surface area contributed by atoms with E-state index in [1.807, 2.05) is 0 Å². The summed E-state index contributed by atoms with van der Waals surface area (Å²) < 4.78 is 30.3. The molecule has 0 aliphatic rings. The summed E-state index contributed by atoms with van der Waals surface area (Å²) in [6.45, 7) is 1.45. The number of ether oxygens (including phenoxy) is 1. The van der Waals surface area contributed by atoms with E-state index in [0.717, 1.165) is 6.07 Å². The number of hydrogen-bond donors (Lipinski definition) is 1. The number of benzene rings is 1. The van der Waals surface area contributed by atoms with E-state index in [1.165, 1.54) is 20.1 Å². The molecule has 0 saturated carbocycles. The zero-order valence-corrected chi connectivity index (χ0v) is 10.00. The lowest BCUT2D eigenvalue weighted by atomic mass is 10.1. The molecule has 0 radical (unpaired) electrons. The second-order valence-corrected chi connectivity index (χ2v) is 3.72. The fourth-order valence-electron chi connectivity index (χ4n) is 1.37. The monoisotopic (exact) mass is 257 g/mol. The number of amides is 1. The van der Waals surface area contributed by atoms with E-state index >= 15 is 0 Å². The van der Waals surface area contributed by atoms with Crippen LogP contribution in [0.1, 0.15) is 12.5 Å². The van der Waals surface area contributed by atoms with E-state index in [-0.39, 0.29) is 12.0 Å².